The minimum absolute atomic E-state index is 0.0474. The standard InChI is InChI=1S/C47H33N3S/c1-2-10-36(11-3-1)49(37-24-18-32(19-25-37)34-22-28-42-41-14-6-9-17-45(41)51-46(42)30-34)47-29-23-35(31-48-47)33-20-26-38(27-21-33)50-43-15-7-4-12-39(43)40-13-5-8-16-44(40)50/h1-31,47-48H. The van der Waals surface area contributed by atoms with Crippen molar-refractivity contribution in [1.82, 2.24) is 9.88 Å². The van der Waals surface area contributed by atoms with Gasteiger partial charge in [-0.05, 0) is 89.0 Å². The Hall–Kier alpha value is -6.36. The van der Waals surface area contributed by atoms with Crippen LogP contribution in [0.5, 0.6) is 0 Å². The Morgan fingerprint density at radius 1 is 0.490 bits per heavy atom. The molecule has 3 heterocycles. The molecule has 0 fully saturated rings. The molecule has 9 aromatic rings. The zero-order valence-electron chi connectivity index (χ0n) is 27.8. The highest BCUT2D eigenvalue weighted by atomic mass is 32.1. The van der Waals surface area contributed by atoms with Gasteiger partial charge in [0.1, 0.15) is 6.17 Å². The van der Waals surface area contributed by atoms with Gasteiger partial charge in [0, 0.05) is 54.2 Å². The molecule has 4 heteroatoms. The van der Waals surface area contributed by atoms with Gasteiger partial charge in [-0.15, -0.1) is 11.3 Å². The van der Waals surface area contributed by atoms with Crippen molar-refractivity contribution >= 4 is 70.3 Å². The maximum atomic E-state index is 3.71. The SMILES string of the molecule is C1=CC(N(c2ccccc2)c2ccc(-c3ccc4c(c3)sc3ccccc34)cc2)NC=C1c1ccc(-n2c3ccccc3c3ccccc32)cc1. The minimum Gasteiger partial charge on any atom is -0.367 e. The van der Waals surface area contributed by atoms with Crippen molar-refractivity contribution in [2.45, 2.75) is 6.17 Å². The van der Waals surface area contributed by atoms with Gasteiger partial charge in [-0.2, -0.15) is 0 Å². The zero-order chi connectivity index (χ0) is 33.7. The Balaban J connectivity index is 0.926. The van der Waals surface area contributed by atoms with Gasteiger partial charge in [0.05, 0.1) is 11.0 Å². The lowest BCUT2D eigenvalue weighted by Crippen LogP contribution is -2.40. The summed E-state index contributed by atoms with van der Waals surface area (Å²) < 4.78 is 5.02. The van der Waals surface area contributed by atoms with E-state index in [1.165, 1.54) is 58.7 Å². The van der Waals surface area contributed by atoms with E-state index >= 15 is 0 Å². The van der Waals surface area contributed by atoms with Crippen LogP contribution in [-0.2, 0) is 0 Å². The number of aromatic nitrogens is 1. The van der Waals surface area contributed by atoms with Crippen molar-refractivity contribution < 1.29 is 0 Å². The smallest absolute Gasteiger partial charge is 0.123 e. The van der Waals surface area contributed by atoms with E-state index in [0.717, 1.165) is 22.6 Å². The molecule has 1 unspecified atom stereocenters. The maximum Gasteiger partial charge on any atom is 0.123 e. The first-order chi connectivity index (χ1) is 25.3. The van der Waals surface area contributed by atoms with E-state index in [1.54, 1.807) is 0 Å². The number of allylic oxidation sites excluding steroid dienone is 2. The van der Waals surface area contributed by atoms with Crippen molar-refractivity contribution in [3.63, 3.8) is 0 Å². The predicted molar refractivity (Wildman–Crippen MR) is 218 cm³/mol. The number of para-hydroxylation sites is 3. The summed E-state index contributed by atoms with van der Waals surface area (Å²) in [7, 11) is 0. The van der Waals surface area contributed by atoms with Gasteiger partial charge in [0.25, 0.3) is 0 Å². The van der Waals surface area contributed by atoms with E-state index in [9.17, 15) is 0 Å². The Labute approximate surface area is 300 Å². The number of fused-ring (bicyclic) bond motifs is 6. The van der Waals surface area contributed by atoms with E-state index < -0.39 is 0 Å². The number of nitrogens with zero attached hydrogens (tertiary/aromatic N) is 2. The summed E-state index contributed by atoms with van der Waals surface area (Å²) in [6.07, 6.45) is 6.59. The summed E-state index contributed by atoms with van der Waals surface area (Å²) in [5.41, 5.74) is 10.6. The molecule has 7 aromatic carbocycles. The van der Waals surface area contributed by atoms with Gasteiger partial charge in [-0.1, -0.05) is 115 Å². The largest absolute Gasteiger partial charge is 0.367 e. The molecule has 3 nitrogen and oxygen atoms in total. The normalized spacial score (nSPS) is 14.3. The number of dihydropyridines is 1. The summed E-state index contributed by atoms with van der Waals surface area (Å²) in [6.45, 7) is 0. The topological polar surface area (TPSA) is 20.2 Å². The van der Waals surface area contributed by atoms with E-state index in [1.807, 2.05) is 11.3 Å². The van der Waals surface area contributed by atoms with Gasteiger partial charge < -0.3 is 14.8 Å². The summed E-state index contributed by atoms with van der Waals surface area (Å²) in [5.74, 6) is 0. The van der Waals surface area contributed by atoms with Crippen LogP contribution in [0.1, 0.15) is 5.56 Å². The van der Waals surface area contributed by atoms with Crippen LogP contribution in [0.2, 0.25) is 0 Å². The number of thiophene rings is 1. The number of nitrogens with one attached hydrogen (secondary N) is 1. The number of benzene rings is 7. The fourth-order valence-electron chi connectivity index (χ4n) is 7.60. The van der Waals surface area contributed by atoms with Crippen molar-refractivity contribution in [1.29, 1.82) is 0 Å². The quantitative estimate of drug-likeness (QED) is 0.190. The molecule has 0 radical (unpaired) electrons. The molecular weight excluding hydrogens is 639 g/mol. The zero-order valence-corrected chi connectivity index (χ0v) is 28.6. The average molecular weight is 672 g/mol. The molecule has 1 atom stereocenters. The van der Waals surface area contributed by atoms with Gasteiger partial charge in [-0.25, -0.2) is 0 Å². The molecule has 0 saturated heterocycles. The highest BCUT2D eigenvalue weighted by molar-refractivity contribution is 7.25. The van der Waals surface area contributed by atoms with Crippen molar-refractivity contribution in [2.75, 3.05) is 4.90 Å². The van der Waals surface area contributed by atoms with Crippen LogP contribution >= 0.6 is 11.3 Å². The van der Waals surface area contributed by atoms with Crippen molar-refractivity contribution in [3.05, 3.63) is 194 Å². The second kappa shape index (κ2) is 12.2. The van der Waals surface area contributed by atoms with Crippen LogP contribution in [0.3, 0.4) is 0 Å². The highest BCUT2D eigenvalue weighted by Crippen LogP contribution is 2.38. The molecule has 0 aliphatic carbocycles. The molecule has 1 aliphatic rings. The molecule has 0 spiro atoms. The lowest BCUT2D eigenvalue weighted by atomic mass is 10.0. The number of rotatable bonds is 6. The maximum absolute atomic E-state index is 3.71. The minimum atomic E-state index is -0.0474. The monoisotopic (exact) mass is 671 g/mol. The van der Waals surface area contributed by atoms with Crippen LogP contribution in [0.4, 0.5) is 11.4 Å². The molecule has 0 amide bonds. The Kier molecular flexibility index (Phi) is 7.07. The molecule has 1 N–H and O–H groups in total. The predicted octanol–water partition coefficient (Wildman–Crippen LogP) is 12.5. The van der Waals surface area contributed by atoms with E-state index in [2.05, 4.69) is 203 Å². The number of hydrogen-bond acceptors (Lipinski definition) is 3. The third kappa shape index (κ3) is 5.11. The fraction of sp³-hybridized carbons (Fsp3) is 0.0213. The van der Waals surface area contributed by atoms with Crippen LogP contribution < -0.4 is 10.2 Å². The summed E-state index contributed by atoms with van der Waals surface area (Å²) in [4.78, 5) is 2.36. The Morgan fingerprint density at radius 2 is 1.08 bits per heavy atom. The first-order valence-corrected chi connectivity index (χ1v) is 18.2. The number of hydrogen-bond donors (Lipinski definition) is 1. The average Bonchev–Trinajstić information content (AvgIpc) is 3.75. The third-order valence-electron chi connectivity index (χ3n) is 10.1. The molecule has 1 aliphatic heterocycles. The van der Waals surface area contributed by atoms with E-state index in [4.69, 9.17) is 0 Å². The molecule has 0 saturated carbocycles. The van der Waals surface area contributed by atoms with Gasteiger partial charge in [0.2, 0.25) is 0 Å². The third-order valence-corrected chi connectivity index (χ3v) is 11.2. The Bertz CT molecular complexity index is 2720. The van der Waals surface area contributed by atoms with Crippen LogP contribution in [-0.4, -0.2) is 10.7 Å². The summed E-state index contributed by atoms with van der Waals surface area (Å²) >= 11 is 1.86. The lowest BCUT2D eigenvalue weighted by molar-refractivity contribution is 0.703. The molecule has 10 rings (SSSR count). The van der Waals surface area contributed by atoms with Crippen LogP contribution in [0.25, 0.3) is 64.4 Å². The van der Waals surface area contributed by atoms with Crippen LogP contribution in [0.15, 0.2) is 188 Å². The van der Waals surface area contributed by atoms with Gasteiger partial charge in [0.15, 0.2) is 0 Å². The summed E-state index contributed by atoms with van der Waals surface area (Å²) in [5, 5.41) is 8.92. The molecule has 242 valence electrons. The second-order valence-corrected chi connectivity index (χ2v) is 14.1. The first kappa shape index (κ1) is 29.5. The Morgan fingerprint density at radius 3 is 1.78 bits per heavy atom. The molecular formula is C47H33N3S. The van der Waals surface area contributed by atoms with E-state index in [0.29, 0.717) is 0 Å². The van der Waals surface area contributed by atoms with Gasteiger partial charge in [-0.3, -0.25) is 0 Å². The van der Waals surface area contributed by atoms with E-state index in [-0.39, 0.29) is 6.17 Å². The number of anilines is 2. The lowest BCUT2D eigenvalue weighted by Gasteiger charge is -2.34. The molecule has 51 heavy (non-hydrogen) atoms. The fourth-order valence-corrected chi connectivity index (χ4v) is 8.74. The first-order valence-electron chi connectivity index (χ1n) is 17.4. The van der Waals surface area contributed by atoms with Crippen LogP contribution in [0, 0.1) is 0 Å². The summed E-state index contributed by atoms with van der Waals surface area (Å²) in [6, 6.07) is 61.3. The molecule has 0 bridgehead atoms. The van der Waals surface area contributed by atoms with Gasteiger partial charge >= 0.3 is 0 Å². The van der Waals surface area contributed by atoms with Crippen molar-refractivity contribution in [3.8, 4) is 16.8 Å². The van der Waals surface area contributed by atoms with Crippen molar-refractivity contribution in [2.24, 2.45) is 0 Å². The molecule has 2 aromatic heterocycles. The highest BCUT2D eigenvalue weighted by Gasteiger charge is 2.21. The second-order valence-electron chi connectivity index (χ2n) is 13.0.